The number of nitrogens with two attached hydrogens (primary N) is 1. The van der Waals surface area contributed by atoms with E-state index in [-0.39, 0.29) is 22.9 Å². The molecule has 92 valence electrons. The molecule has 1 aliphatic rings. The Labute approximate surface area is 99.2 Å². The highest BCUT2D eigenvalue weighted by Crippen LogP contribution is 2.18. The summed E-state index contributed by atoms with van der Waals surface area (Å²) >= 11 is 0. The Morgan fingerprint density at radius 1 is 1.35 bits per heavy atom. The number of rotatable bonds is 3. The largest absolute Gasteiger partial charge is 0.398 e. The Morgan fingerprint density at radius 3 is 2.65 bits per heavy atom. The third-order valence-electron chi connectivity index (χ3n) is 2.51. The van der Waals surface area contributed by atoms with Gasteiger partial charge in [0, 0.05) is 19.0 Å². The molecule has 1 saturated heterocycles. The third kappa shape index (κ3) is 2.56. The number of nitrogens with one attached hydrogen (secondary N) is 2. The van der Waals surface area contributed by atoms with Crippen LogP contribution >= 0.6 is 0 Å². The molecule has 1 heterocycles. The molecule has 0 spiro atoms. The number of hydrogen-bond acceptors (Lipinski definition) is 4. The topological polar surface area (TPSA) is 101 Å². The van der Waals surface area contributed by atoms with E-state index in [1.807, 2.05) is 0 Å². The summed E-state index contributed by atoms with van der Waals surface area (Å²) in [5.41, 5.74) is 5.80. The number of para-hydroxylation sites is 1. The van der Waals surface area contributed by atoms with Crippen LogP contribution in [0.2, 0.25) is 0 Å². The molecular formula is C10H13N3O3S. The van der Waals surface area contributed by atoms with Gasteiger partial charge in [-0.3, -0.25) is 4.79 Å². The van der Waals surface area contributed by atoms with Crippen molar-refractivity contribution in [3.05, 3.63) is 24.3 Å². The lowest BCUT2D eigenvalue weighted by Crippen LogP contribution is -2.36. The van der Waals surface area contributed by atoms with E-state index < -0.39 is 16.1 Å². The fourth-order valence-corrected chi connectivity index (χ4v) is 3.07. The summed E-state index contributed by atoms with van der Waals surface area (Å²) in [4.78, 5) is 11.0. The Hall–Kier alpha value is -1.60. The molecule has 4 N–H and O–H groups in total. The zero-order chi connectivity index (χ0) is 12.5. The molecular weight excluding hydrogens is 242 g/mol. The number of amides is 1. The smallest absolute Gasteiger partial charge is 0.242 e. The van der Waals surface area contributed by atoms with Gasteiger partial charge in [0.05, 0.1) is 5.69 Å². The fourth-order valence-electron chi connectivity index (χ4n) is 1.70. The molecule has 1 amide bonds. The highest BCUT2D eigenvalue weighted by molar-refractivity contribution is 7.89. The van der Waals surface area contributed by atoms with Crippen molar-refractivity contribution >= 4 is 21.6 Å². The Bertz CT molecular complexity index is 541. The lowest BCUT2D eigenvalue weighted by Gasteiger charge is -2.12. The average molecular weight is 255 g/mol. The number of anilines is 1. The molecule has 6 nitrogen and oxygen atoms in total. The van der Waals surface area contributed by atoms with Crippen LogP contribution in [0.25, 0.3) is 0 Å². The predicted octanol–water partition coefficient (Wildman–Crippen LogP) is -0.564. The molecule has 1 fully saturated rings. The van der Waals surface area contributed by atoms with Gasteiger partial charge in [-0.05, 0) is 12.1 Å². The minimum absolute atomic E-state index is 0.0411. The standard InChI is InChI=1S/C10H13N3O3S/c11-8-3-1-2-4-9(8)17(15,16)13-7-5-10(14)12-6-7/h1-4,7,13H,5-6,11H2,(H,12,14). The Kier molecular flexibility index (Phi) is 3.03. The van der Waals surface area contributed by atoms with E-state index >= 15 is 0 Å². The van der Waals surface area contributed by atoms with Crippen molar-refractivity contribution in [2.24, 2.45) is 0 Å². The van der Waals surface area contributed by atoms with Gasteiger partial charge >= 0.3 is 0 Å². The second-order valence-electron chi connectivity index (χ2n) is 3.86. The first-order valence-corrected chi connectivity index (χ1v) is 6.61. The van der Waals surface area contributed by atoms with Crippen LogP contribution in [0.3, 0.4) is 0 Å². The predicted molar refractivity (Wildman–Crippen MR) is 62.6 cm³/mol. The number of nitrogen functional groups attached to an aromatic ring is 1. The molecule has 17 heavy (non-hydrogen) atoms. The highest BCUT2D eigenvalue weighted by Gasteiger charge is 2.27. The Balaban J connectivity index is 2.20. The number of benzene rings is 1. The van der Waals surface area contributed by atoms with E-state index in [1.165, 1.54) is 12.1 Å². The SMILES string of the molecule is Nc1ccccc1S(=O)(=O)NC1CNC(=O)C1. The number of carbonyl (C=O) groups excluding carboxylic acids is 1. The molecule has 0 aromatic heterocycles. The molecule has 0 saturated carbocycles. The van der Waals surface area contributed by atoms with Gasteiger partial charge in [-0.25, -0.2) is 13.1 Å². The van der Waals surface area contributed by atoms with Crippen molar-refractivity contribution in [3.63, 3.8) is 0 Å². The van der Waals surface area contributed by atoms with Crippen LogP contribution in [0.1, 0.15) is 6.42 Å². The van der Waals surface area contributed by atoms with E-state index in [4.69, 9.17) is 5.73 Å². The van der Waals surface area contributed by atoms with Crippen LogP contribution in [-0.2, 0) is 14.8 Å². The normalized spacial score (nSPS) is 20.2. The van der Waals surface area contributed by atoms with E-state index in [9.17, 15) is 13.2 Å². The van der Waals surface area contributed by atoms with Crippen LogP contribution in [-0.4, -0.2) is 26.9 Å². The molecule has 1 atom stereocenters. The van der Waals surface area contributed by atoms with Gasteiger partial charge in [-0.2, -0.15) is 0 Å². The summed E-state index contributed by atoms with van der Waals surface area (Å²) in [7, 11) is -3.67. The summed E-state index contributed by atoms with van der Waals surface area (Å²) < 4.78 is 26.4. The number of hydrogen-bond donors (Lipinski definition) is 3. The van der Waals surface area contributed by atoms with E-state index in [0.717, 1.165) is 0 Å². The van der Waals surface area contributed by atoms with Crippen molar-refractivity contribution in [2.45, 2.75) is 17.4 Å². The Morgan fingerprint density at radius 2 is 2.06 bits per heavy atom. The minimum Gasteiger partial charge on any atom is -0.398 e. The lowest BCUT2D eigenvalue weighted by molar-refractivity contribution is -0.119. The molecule has 1 aromatic carbocycles. The molecule has 7 heteroatoms. The van der Waals surface area contributed by atoms with Gasteiger partial charge in [-0.1, -0.05) is 12.1 Å². The van der Waals surface area contributed by atoms with Gasteiger partial charge < -0.3 is 11.1 Å². The summed E-state index contributed by atoms with van der Waals surface area (Å²) in [6.07, 6.45) is 0.159. The van der Waals surface area contributed by atoms with Crippen LogP contribution in [0.15, 0.2) is 29.2 Å². The van der Waals surface area contributed by atoms with Crippen LogP contribution in [0, 0.1) is 0 Å². The second-order valence-corrected chi connectivity index (χ2v) is 5.55. The van der Waals surface area contributed by atoms with E-state index in [1.54, 1.807) is 12.1 Å². The number of carbonyl (C=O) groups is 1. The van der Waals surface area contributed by atoms with Gasteiger partial charge in [-0.15, -0.1) is 0 Å². The molecule has 1 aromatic rings. The molecule has 2 rings (SSSR count). The van der Waals surface area contributed by atoms with Gasteiger partial charge in [0.15, 0.2) is 0 Å². The maximum atomic E-state index is 12.0. The molecule has 1 unspecified atom stereocenters. The van der Waals surface area contributed by atoms with E-state index in [0.29, 0.717) is 6.54 Å². The molecule has 0 radical (unpaired) electrons. The summed E-state index contributed by atoms with van der Waals surface area (Å²) in [5.74, 6) is -0.154. The van der Waals surface area contributed by atoms with Crippen LogP contribution in [0.5, 0.6) is 0 Å². The van der Waals surface area contributed by atoms with Crippen LogP contribution < -0.4 is 15.8 Å². The maximum Gasteiger partial charge on any atom is 0.242 e. The molecule has 0 bridgehead atoms. The third-order valence-corrected chi connectivity index (χ3v) is 4.10. The molecule has 0 aliphatic carbocycles. The summed E-state index contributed by atoms with van der Waals surface area (Å²) in [6.45, 7) is 0.310. The summed E-state index contributed by atoms with van der Waals surface area (Å²) in [5, 5.41) is 2.56. The lowest BCUT2D eigenvalue weighted by atomic mass is 10.3. The first-order chi connectivity index (χ1) is 7.99. The monoisotopic (exact) mass is 255 g/mol. The zero-order valence-corrected chi connectivity index (χ0v) is 9.83. The fraction of sp³-hybridized carbons (Fsp3) is 0.300. The van der Waals surface area contributed by atoms with Crippen molar-refractivity contribution < 1.29 is 13.2 Å². The van der Waals surface area contributed by atoms with Gasteiger partial charge in [0.2, 0.25) is 15.9 Å². The van der Waals surface area contributed by atoms with Crippen molar-refractivity contribution in [1.29, 1.82) is 0 Å². The molecule has 1 aliphatic heterocycles. The van der Waals surface area contributed by atoms with Crippen molar-refractivity contribution in [2.75, 3.05) is 12.3 Å². The maximum absolute atomic E-state index is 12.0. The zero-order valence-electron chi connectivity index (χ0n) is 9.01. The first kappa shape index (κ1) is 11.9. The van der Waals surface area contributed by atoms with Crippen molar-refractivity contribution in [1.82, 2.24) is 10.0 Å². The second kappa shape index (κ2) is 4.34. The summed E-state index contributed by atoms with van der Waals surface area (Å²) in [6, 6.07) is 5.80. The van der Waals surface area contributed by atoms with Gasteiger partial charge in [0.1, 0.15) is 4.90 Å². The average Bonchev–Trinajstić information content (AvgIpc) is 2.63. The van der Waals surface area contributed by atoms with Crippen LogP contribution in [0.4, 0.5) is 5.69 Å². The van der Waals surface area contributed by atoms with E-state index in [2.05, 4.69) is 10.0 Å². The quantitative estimate of drug-likeness (QED) is 0.630. The minimum atomic E-state index is -3.67. The first-order valence-electron chi connectivity index (χ1n) is 5.12. The number of sulfonamides is 1. The van der Waals surface area contributed by atoms with Crippen molar-refractivity contribution in [3.8, 4) is 0 Å². The highest BCUT2D eigenvalue weighted by atomic mass is 32.2. The van der Waals surface area contributed by atoms with Gasteiger partial charge in [0.25, 0.3) is 0 Å².